The first-order valence-corrected chi connectivity index (χ1v) is 11.9. The van der Waals surface area contributed by atoms with Gasteiger partial charge in [-0.15, -0.1) is 0 Å². The molecule has 2 aromatic carbocycles. The largest absolute Gasteiger partial charge is 0.478 e. The van der Waals surface area contributed by atoms with Crippen molar-refractivity contribution in [2.45, 2.75) is 37.6 Å². The average molecular weight is 477 g/mol. The number of sulfonamides is 1. The van der Waals surface area contributed by atoms with Crippen molar-refractivity contribution in [1.29, 1.82) is 0 Å². The standard InChI is InChI=1S/C22H24N2O6S.CH4O/c1-14(2)16-10-18-17(11-23(3)12-29-18)21-20(16)22(26)24(31(21,27)28)13-30-19(25)9-15-7-5-4-6-8-15;1-2/h4-8,10,14H,9,11-13H2,1-3H3;2H,1H3. The van der Waals surface area contributed by atoms with Crippen molar-refractivity contribution in [3.63, 3.8) is 0 Å². The number of hydrogen-bond donors (Lipinski definition) is 1. The van der Waals surface area contributed by atoms with Crippen LogP contribution in [0.1, 0.15) is 46.8 Å². The van der Waals surface area contributed by atoms with Gasteiger partial charge in [0.2, 0.25) is 0 Å². The molecule has 0 aliphatic carbocycles. The fourth-order valence-electron chi connectivity index (χ4n) is 3.85. The molecule has 0 spiro atoms. The van der Waals surface area contributed by atoms with Gasteiger partial charge < -0.3 is 14.6 Å². The number of esters is 1. The van der Waals surface area contributed by atoms with Gasteiger partial charge in [-0.3, -0.25) is 14.5 Å². The number of rotatable bonds is 5. The van der Waals surface area contributed by atoms with Crippen LogP contribution in [0.25, 0.3) is 0 Å². The van der Waals surface area contributed by atoms with Crippen LogP contribution < -0.4 is 4.74 Å². The summed E-state index contributed by atoms with van der Waals surface area (Å²) in [5, 5.41) is 7.00. The Hall–Kier alpha value is -2.95. The predicted octanol–water partition coefficient (Wildman–Crippen LogP) is 2.09. The van der Waals surface area contributed by atoms with Crippen LogP contribution in [0.15, 0.2) is 41.3 Å². The van der Waals surface area contributed by atoms with Crippen molar-refractivity contribution in [2.75, 3.05) is 27.6 Å². The quantitative estimate of drug-likeness (QED) is 0.653. The second-order valence-electron chi connectivity index (χ2n) is 8.06. The van der Waals surface area contributed by atoms with Crippen molar-refractivity contribution in [2.24, 2.45) is 0 Å². The van der Waals surface area contributed by atoms with E-state index in [4.69, 9.17) is 14.6 Å². The molecule has 4 rings (SSSR count). The normalized spacial score (nSPS) is 16.4. The smallest absolute Gasteiger partial charge is 0.312 e. The SMILES string of the molecule is CC(C)c1cc2c(c3c1C(=O)N(COC(=O)Cc1ccccc1)S3(=O)=O)CN(C)CO2.CO. The maximum atomic E-state index is 13.4. The molecule has 1 amide bonds. The van der Waals surface area contributed by atoms with Gasteiger partial charge in [-0.05, 0) is 30.2 Å². The zero-order valence-corrected chi connectivity index (χ0v) is 19.9. The van der Waals surface area contributed by atoms with Gasteiger partial charge in [0.25, 0.3) is 15.9 Å². The maximum Gasteiger partial charge on any atom is 0.312 e. The zero-order chi connectivity index (χ0) is 24.3. The molecular weight excluding hydrogens is 448 g/mol. The summed E-state index contributed by atoms with van der Waals surface area (Å²) >= 11 is 0. The van der Waals surface area contributed by atoms with E-state index < -0.39 is 28.6 Å². The van der Waals surface area contributed by atoms with Crippen LogP contribution in [-0.2, 0) is 32.5 Å². The minimum atomic E-state index is -4.19. The fourth-order valence-corrected chi connectivity index (χ4v) is 5.51. The van der Waals surface area contributed by atoms with E-state index in [0.717, 1.165) is 12.7 Å². The Morgan fingerprint density at radius 1 is 1.21 bits per heavy atom. The molecule has 0 saturated heterocycles. The van der Waals surface area contributed by atoms with Crippen molar-refractivity contribution in [3.05, 3.63) is 58.7 Å². The van der Waals surface area contributed by atoms with Crippen LogP contribution >= 0.6 is 0 Å². The molecule has 0 bridgehead atoms. The highest BCUT2D eigenvalue weighted by atomic mass is 32.2. The third kappa shape index (κ3) is 4.73. The van der Waals surface area contributed by atoms with Crippen LogP contribution in [0.2, 0.25) is 0 Å². The van der Waals surface area contributed by atoms with E-state index in [-0.39, 0.29) is 22.8 Å². The van der Waals surface area contributed by atoms with E-state index in [1.165, 1.54) is 0 Å². The minimum Gasteiger partial charge on any atom is -0.478 e. The number of nitrogens with zero attached hydrogens (tertiary/aromatic N) is 2. The lowest BCUT2D eigenvalue weighted by Crippen LogP contribution is -2.34. The van der Waals surface area contributed by atoms with Gasteiger partial charge in [-0.2, -0.15) is 4.31 Å². The molecule has 0 aromatic heterocycles. The second kappa shape index (κ2) is 9.90. The summed E-state index contributed by atoms with van der Waals surface area (Å²) in [4.78, 5) is 27.2. The third-order valence-electron chi connectivity index (χ3n) is 5.39. The summed E-state index contributed by atoms with van der Waals surface area (Å²) in [7, 11) is -1.38. The van der Waals surface area contributed by atoms with Gasteiger partial charge in [-0.1, -0.05) is 44.2 Å². The first kappa shape index (κ1) is 24.7. The second-order valence-corrected chi connectivity index (χ2v) is 9.85. The molecule has 178 valence electrons. The first-order valence-electron chi connectivity index (χ1n) is 10.4. The number of amides is 1. The van der Waals surface area contributed by atoms with E-state index in [1.54, 1.807) is 37.4 Å². The number of carbonyl (C=O) groups excluding carboxylic acids is 2. The summed E-state index contributed by atoms with van der Waals surface area (Å²) < 4.78 is 38.3. The van der Waals surface area contributed by atoms with Crippen LogP contribution in [0.3, 0.4) is 0 Å². The Morgan fingerprint density at radius 2 is 1.88 bits per heavy atom. The van der Waals surface area contributed by atoms with Crippen LogP contribution in [0, 0.1) is 0 Å². The molecular formula is C23H28N2O7S. The lowest BCUT2D eigenvalue weighted by atomic mass is 9.93. The summed E-state index contributed by atoms with van der Waals surface area (Å²) in [5.41, 5.74) is 1.94. The fraction of sp³-hybridized carbons (Fsp3) is 0.391. The maximum absolute atomic E-state index is 13.4. The first-order chi connectivity index (χ1) is 15.7. The number of benzene rings is 2. The molecule has 1 N–H and O–H groups in total. The van der Waals surface area contributed by atoms with E-state index in [2.05, 4.69) is 0 Å². The van der Waals surface area contributed by atoms with Crippen molar-refractivity contribution < 1.29 is 32.6 Å². The molecule has 2 aliphatic rings. The Morgan fingerprint density at radius 3 is 2.52 bits per heavy atom. The molecule has 33 heavy (non-hydrogen) atoms. The number of ether oxygens (including phenoxy) is 2. The van der Waals surface area contributed by atoms with Crippen molar-refractivity contribution >= 4 is 21.9 Å². The lowest BCUT2D eigenvalue weighted by Gasteiger charge is -2.28. The molecule has 10 heteroatoms. The molecule has 9 nitrogen and oxygen atoms in total. The monoisotopic (exact) mass is 476 g/mol. The van der Waals surface area contributed by atoms with E-state index in [9.17, 15) is 18.0 Å². The summed E-state index contributed by atoms with van der Waals surface area (Å²) in [5.74, 6) is -0.913. The Kier molecular flexibility index (Phi) is 7.41. The predicted molar refractivity (Wildman–Crippen MR) is 120 cm³/mol. The molecule has 0 radical (unpaired) electrons. The third-order valence-corrected chi connectivity index (χ3v) is 7.20. The summed E-state index contributed by atoms with van der Waals surface area (Å²) in [6.45, 7) is 3.78. The van der Waals surface area contributed by atoms with E-state index in [1.807, 2.05) is 24.8 Å². The summed E-state index contributed by atoms with van der Waals surface area (Å²) in [6, 6.07) is 10.7. The molecule has 0 atom stereocenters. The highest BCUT2D eigenvalue weighted by molar-refractivity contribution is 7.90. The van der Waals surface area contributed by atoms with E-state index >= 15 is 0 Å². The van der Waals surface area contributed by atoms with Gasteiger partial charge in [0.1, 0.15) is 17.4 Å². The number of aliphatic hydroxyl groups is 1. The molecule has 0 saturated carbocycles. The molecule has 2 heterocycles. The van der Waals surface area contributed by atoms with Crippen molar-refractivity contribution in [3.8, 4) is 5.75 Å². The van der Waals surface area contributed by atoms with Gasteiger partial charge in [0.05, 0.1) is 12.0 Å². The molecule has 0 fully saturated rings. The van der Waals surface area contributed by atoms with Gasteiger partial charge in [0.15, 0.2) is 6.73 Å². The molecule has 2 aromatic rings. The number of carbonyl (C=O) groups is 2. The molecule has 0 unspecified atom stereocenters. The van der Waals surface area contributed by atoms with Crippen LogP contribution in [0.4, 0.5) is 0 Å². The zero-order valence-electron chi connectivity index (χ0n) is 19.1. The molecule has 2 aliphatic heterocycles. The van der Waals surface area contributed by atoms with Crippen LogP contribution in [0.5, 0.6) is 5.75 Å². The Labute approximate surface area is 193 Å². The number of hydrogen-bond acceptors (Lipinski definition) is 8. The summed E-state index contributed by atoms with van der Waals surface area (Å²) in [6.07, 6.45) is -0.0128. The lowest BCUT2D eigenvalue weighted by molar-refractivity contribution is -0.144. The van der Waals surface area contributed by atoms with Crippen LogP contribution in [-0.4, -0.2) is 62.2 Å². The number of fused-ring (bicyclic) bond motifs is 3. The van der Waals surface area contributed by atoms with Gasteiger partial charge in [0, 0.05) is 19.2 Å². The highest BCUT2D eigenvalue weighted by Gasteiger charge is 2.47. The van der Waals surface area contributed by atoms with Gasteiger partial charge in [-0.25, -0.2) is 8.42 Å². The highest BCUT2D eigenvalue weighted by Crippen LogP contribution is 2.43. The average Bonchev–Trinajstić information content (AvgIpc) is 2.99. The van der Waals surface area contributed by atoms with Crippen molar-refractivity contribution in [1.82, 2.24) is 9.21 Å². The Bertz CT molecular complexity index is 1150. The number of aliphatic hydroxyl groups excluding tert-OH is 1. The minimum absolute atomic E-state index is 0.0128. The van der Waals surface area contributed by atoms with Gasteiger partial charge >= 0.3 is 5.97 Å². The van der Waals surface area contributed by atoms with E-state index in [0.29, 0.717) is 34.5 Å². The Balaban J connectivity index is 0.00000149. The topological polar surface area (TPSA) is 113 Å².